The average Bonchev–Trinajstić information content (AvgIpc) is 2.68. The number of rotatable bonds is 4. The Labute approximate surface area is 130 Å². The number of amides is 2. The van der Waals surface area contributed by atoms with Crippen LogP contribution in [0.1, 0.15) is 49.7 Å². The number of furan rings is 1. The van der Waals surface area contributed by atoms with Gasteiger partial charge in [-0.25, -0.2) is 5.43 Å². The molecule has 0 saturated carbocycles. The van der Waals surface area contributed by atoms with E-state index in [-0.39, 0.29) is 18.4 Å². The van der Waals surface area contributed by atoms with E-state index >= 15 is 0 Å². The highest BCUT2D eigenvalue weighted by Gasteiger charge is 2.19. The first-order valence-electron chi connectivity index (χ1n) is 7.65. The molecule has 6 nitrogen and oxygen atoms in total. The highest BCUT2D eigenvalue weighted by atomic mass is 16.3. The van der Waals surface area contributed by atoms with Gasteiger partial charge in [0.25, 0.3) is 5.91 Å². The fourth-order valence-corrected chi connectivity index (χ4v) is 2.61. The number of carbonyl (C=O) groups is 2. The molecule has 0 spiro atoms. The third kappa shape index (κ3) is 4.19. The summed E-state index contributed by atoms with van der Waals surface area (Å²) >= 11 is 0. The molecule has 22 heavy (non-hydrogen) atoms. The first kappa shape index (κ1) is 16.3. The Morgan fingerprint density at radius 2 is 2.14 bits per heavy atom. The smallest absolute Gasteiger partial charge is 0.259 e. The van der Waals surface area contributed by atoms with Crippen molar-refractivity contribution in [2.45, 2.75) is 46.5 Å². The molecule has 6 heteroatoms. The number of hydrogen-bond acceptors (Lipinski definition) is 4. The molecule has 1 fully saturated rings. The van der Waals surface area contributed by atoms with Crippen molar-refractivity contribution in [3.8, 4) is 0 Å². The summed E-state index contributed by atoms with van der Waals surface area (Å²) in [5.74, 6) is 1.36. The summed E-state index contributed by atoms with van der Waals surface area (Å²) < 4.78 is 5.45. The average molecular weight is 305 g/mol. The maximum Gasteiger partial charge on any atom is 0.259 e. The van der Waals surface area contributed by atoms with Gasteiger partial charge in [0.05, 0.1) is 5.71 Å². The minimum absolute atomic E-state index is 0.0506. The minimum Gasteiger partial charge on any atom is -0.466 e. The van der Waals surface area contributed by atoms with Gasteiger partial charge in [-0.2, -0.15) is 5.10 Å². The number of aryl methyl sites for hydroxylation is 2. The second-order valence-corrected chi connectivity index (χ2v) is 5.69. The zero-order valence-electron chi connectivity index (χ0n) is 13.4. The van der Waals surface area contributed by atoms with Crippen LogP contribution in [0.2, 0.25) is 0 Å². The molecule has 1 aliphatic heterocycles. The van der Waals surface area contributed by atoms with Crippen LogP contribution in [0.3, 0.4) is 0 Å². The topological polar surface area (TPSA) is 74.9 Å². The molecular weight excluding hydrogens is 282 g/mol. The highest BCUT2D eigenvalue weighted by molar-refractivity contribution is 6.00. The fraction of sp³-hybridized carbons (Fsp3) is 0.562. The molecule has 0 unspecified atom stereocenters. The first-order chi connectivity index (χ1) is 10.5. The van der Waals surface area contributed by atoms with Crippen LogP contribution in [0.5, 0.6) is 0 Å². The van der Waals surface area contributed by atoms with Crippen molar-refractivity contribution in [3.63, 3.8) is 0 Å². The van der Waals surface area contributed by atoms with Crippen molar-refractivity contribution in [1.29, 1.82) is 0 Å². The van der Waals surface area contributed by atoms with Crippen LogP contribution in [-0.2, 0) is 9.59 Å². The lowest BCUT2D eigenvalue weighted by Gasteiger charge is -2.18. The minimum atomic E-state index is -0.271. The molecular formula is C16H23N3O3. The predicted octanol–water partition coefficient (Wildman–Crippen LogP) is 2.14. The van der Waals surface area contributed by atoms with Crippen LogP contribution in [0, 0.1) is 13.8 Å². The van der Waals surface area contributed by atoms with Crippen LogP contribution in [0.15, 0.2) is 15.6 Å². The Morgan fingerprint density at radius 1 is 1.36 bits per heavy atom. The summed E-state index contributed by atoms with van der Waals surface area (Å²) in [6.07, 6.45) is 3.44. The Balaban J connectivity index is 1.92. The van der Waals surface area contributed by atoms with Gasteiger partial charge in [0.2, 0.25) is 5.91 Å². The highest BCUT2D eigenvalue weighted by Crippen LogP contribution is 2.14. The molecule has 1 aromatic heterocycles. The van der Waals surface area contributed by atoms with Crippen LogP contribution < -0.4 is 5.43 Å². The molecule has 0 atom stereocenters. The van der Waals surface area contributed by atoms with E-state index in [1.165, 1.54) is 0 Å². The second-order valence-electron chi connectivity index (χ2n) is 5.69. The van der Waals surface area contributed by atoms with Gasteiger partial charge in [0.1, 0.15) is 18.1 Å². The first-order valence-corrected chi connectivity index (χ1v) is 7.65. The molecule has 0 aliphatic carbocycles. The fourth-order valence-electron chi connectivity index (χ4n) is 2.61. The van der Waals surface area contributed by atoms with Gasteiger partial charge in [0.15, 0.2) is 0 Å². The number of hydrogen-bond donors (Lipinski definition) is 1. The van der Waals surface area contributed by atoms with Crippen molar-refractivity contribution in [3.05, 3.63) is 23.2 Å². The van der Waals surface area contributed by atoms with Crippen molar-refractivity contribution in [1.82, 2.24) is 10.3 Å². The van der Waals surface area contributed by atoms with E-state index in [0.717, 1.165) is 36.3 Å². The Hall–Kier alpha value is -2.11. The van der Waals surface area contributed by atoms with E-state index in [4.69, 9.17) is 4.42 Å². The van der Waals surface area contributed by atoms with Crippen LogP contribution in [0.25, 0.3) is 0 Å². The van der Waals surface area contributed by atoms with Gasteiger partial charge >= 0.3 is 0 Å². The van der Waals surface area contributed by atoms with Gasteiger partial charge in [-0.15, -0.1) is 0 Å². The van der Waals surface area contributed by atoms with Crippen molar-refractivity contribution in [2.24, 2.45) is 5.10 Å². The van der Waals surface area contributed by atoms with E-state index in [1.54, 1.807) is 4.90 Å². The normalized spacial score (nSPS) is 16.6. The Morgan fingerprint density at radius 3 is 2.82 bits per heavy atom. The molecule has 2 rings (SSSR count). The molecule has 1 aromatic rings. The monoisotopic (exact) mass is 305 g/mol. The van der Waals surface area contributed by atoms with E-state index < -0.39 is 0 Å². The molecule has 1 N–H and O–H groups in total. The maximum atomic E-state index is 12.0. The molecule has 1 aliphatic rings. The van der Waals surface area contributed by atoms with Gasteiger partial charge in [-0.1, -0.05) is 6.42 Å². The van der Waals surface area contributed by atoms with E-state index in [1.807, 2.05) is 26.8 Å². The molecule has 2 heterocycles. The largest absolute Gasteiger partial charge is 0.466 e. The maximum absolute atomic E-state index is 12.0. The lowest BCUT2D eigenvalue weighted by atomic mass is 10.2. The van der Waals surface area contributed by atoms with Gasteiger partial charge < -0.3 is 9.32 Å². The van der Waals surface area contributed by atoms with Crippen molar-refractivity contribution < 1.29 is 14.0 Å². The molecule has 120 valence electrons. The number of likely N-dealkylation sites (tertiary alicyclic amines) is 1. The summed E-state index contributed by atoms with van der Waals surface area (Å²) in [6.45, 7) is 6.26. The second kappa shape index (κ2) is 7.24. The zero-order chi connectivity index (χ0) is 16.1. The Kier molecular flexibility index (Phi) is 5.35. The lowest BCUT2D eigenvalue weighted by Crippen LogP contribution is -2.39. The molecule has 0 bridgehead atoms. The summed E-state index contributed by atoms with van der Waals surface area (Å²) in [4.78, 5) is 25.4. The van der Waals surface area contributed by atoms with Crippen LogP contribution in [0.4, 0.5) is 0 Å². The standard InChI is InChI=1S/C16H23N3O3/c1-11-9-14(13(3)22-11)12(2)17-18-15(20)10-19-8-6-4-5-7-16(19)21/h9H,4-8,10H2,1-3H3,(H,18,20)/b17-12-. The number of nitrogens with one attached hydrogen (secondary N) is 1. The Bertz CT molecular complexity index is 589. The predicted molar refractivity (Wildman–Crippen MR) is 83.6 cm³/mol. The summed E-state index contributed by atoms with van der Waals surface area (Å²) in [7, 11) is 0. The lowest BCUT2D eigenvalue weighted by molar-refractivity contribution is -0.135. The summed E-state index contributed by atoms with van der Waals surface area (Å²) in [6, 6.07) is 1.89. The quantitative estimate of drug-likeness (QED) is 0.684. The van der Waals surface area contributed by atoms with Crippen LogP contribution >= 0.6 is 0 Å². The summed E-state index contributed by atoms with van der Waals surface area (Å²) in [5.41, 5.74) is 4.08. The van der Waals surface area contributed by atoms with E-state index in [0.29, 0.717) is 18.7 Å². The third-order valence-electron chi connectivity index (χ3n) is 3.78. The summed E-state index contributed by atoms with van der Waals surface area (Å²) in [5, 5.41) is 4.10. The van der Waals surface area contributed by atoms with Crippen molar-refractivity contribution >= 4 is 17.5 Å². The van der Waals surface area contributed by atoms with Gasteiger partial charge in [-0.05, 0) is 39.7 Å². The van der Waals surface area contributed by atoms with Gasteiger partial charge in [-0.3, -0.25) is 9.59 Å². The van der Waals surface area contributed by atoms with E-state index in [9.17, 15) is 9.59 Å². The van der Waals surface area contributed by atoms with Gasteiger partial charge in [0, 0.05) is 18.5 Å². The van der Waals surface area contributed by atoms with E-state index in [2.05, 4.69) is 10.5 Å². The molecule has 0 aromatic carbocycles. The zero-order valence-corrected chi connectivity index (χ0v) is 13.4. The number of hydrazone groups is 1. The third-order valence-corrected chi connectivity index (χ3v) is 3.78. The number of carbonyl (C=O) groups excluding carboxylic acids is 2. The molecule has 2 amide bonds. The molecule has 0 radical (unpaired) electrons. The van der Waals surface area contributed by atoms with Crippen LogP contribution in [-0.4, -0.2) is 35.5 Å². The SMILES string of the molecule is C/C(=N/NC(=O)CN1CCCCCC1=O)c1cc(C)oc1C. The number of nitrogens with zero attached hydrogens (tertiary/aromatic N) is 2. The molecule has 1 saturated heterocycles. The van der Waals surface area contributed by atoms with Crippen molar-refractivity contribution in [2.75, 3.05) is 13.1 Å².